The van der Waals surface area contributed by atoms with Crippen LogP contribution in [0.4, 0.5) is 0 Å². The second-order valence-electron chi connectivity index (χ2n) is 6.66. The van der Waals surface area contributed by atoms with Gasteiger partial charge >= 0.3 is 11.9 Å². The summed E-state index contributed by atoms with van der Waals surface area (Å²) >= 11 is 0. The van der Waals surface area contributed by atoms with Crippen LogP contribution >= 0.6 is 0 Å². The Balaban J connectivity index is 2.09. The second-order valence-corrected chi connectivity index (χ2v) is 8.81. The number of H-pyrrole nitrogens is 1. The van der Waals surface area contributed by atoms with Crippen molar-refractivity contribution in [2.45, 2.75) is 25.7 Å². The van der Waals surface area contributed by atoms with Crippen LogP contribution in [0.2, 0.25) is 0 Å². The monoisotopic (exact) mass is 436 g/mol. The van der Waals surface area contributed by atoms with Crippen LogP contribution in [0.5, 0.6) is 0 Å². The normalized spacial score (nSPS) is 11.4. The van der Waals surface area contributed by atoms with E-state index in [-0.39, 0.29) is 28.3 Å². The molecular weight excluding hydrogens is 412 g/mol. The molecule has 0 spiro atoms. The van der Waals surface area contributed by atoms with Crippen molar-refractivity contribution in [2.24, 2.45) is 0 Å². The van der Waals surface area contributed by atoms with Gasteiger partial charge in [-0.3, -0.25) is 4.79 Å². The summed E-state index contributed by atoms with van der Waals surface area (Å²) in [5.74, 6) is -1.82. The van der Waals surface area contributed by atoms with Gasteiger partial charge in [0.2, 0.25) is 15.8 Å². The van der Waals surface area contributed by atoms with Gasteiger partial charge in [-0.15, -0.1) is 0 Å². The molecule has 0 aliphatic rings. The molecule has 0 amide bonds. The predicted molar refractivity (Wildman–Crippen MR) is 108 cm³/mol. The first-order valence-corrected chi connectivity index (χ1v) is 10.5. The summed E-state index contributed by atoms with van der Waals surface area (Å²) in [4.78, 5) is 39.6. The number of hydrogen-bond donors (Lipinski definition) is 1. The van der Waals surface area contributed by atoms with Gasteiger partial charge < -0.3 is 14.5 Å². The van der Waals surface area contributed by atoms with Crippen molar-refractivity contribution in [3.05, 3.63) is 52.3 Å². The third-order valence-corrected chi connectivity index (χ3v) is 6.23. The van der Waals surface area contributed by atoms with Crippen LogP contribution < -0.4 is 0 Å². The summed E-state index contributed by atoms with van der Waals surface area (Å²) in [5.41, 5.74) is 1.45. The molecule has 1 aromatic heterocycles. The Morgan fingerprint density at radius 2 is 1.60 bits per heavy atom. The lowest BCUT2D eigenvalue weighted by Crippen LogP contribution is -2.22. The fourth-order valence-corrected chi connectivity index (χ4v) is 3.70. The van der Waals surface area contributed by atoms with Crippen molar-refractivity contribution in [3.8, 4) is 0 Å². The predicted octanol–water partition coefficient (Wildman–Crippen LogP) is 2.10. The lowest BCUT2D eigenvalue weighted by molar-refractivity contribution is 0.0472. The summed E-state index contributed by atoms with van der Waals surface area (Å²) in [7, 11) is -0.807. The minimum atomic E-state index is -3.61. The maximum absolute atomic E-state index is 12.5. The van der Waals surface area contributed by atoms with E-state index >= 15 is 0 Å². The molecule has 2 rings (SSSR count). The first-order valence-electron chi connectivity index (χ1n) is 9.09. The number of benzene rings is 1. The van der Waals surface area contributed by atoms with Gasteiger partial charge in [-0.25, -0.2) is 22.3 Å². The summed E-state index contributed by atoms with van der Waals surface area (Å²) < 4.78 is 35.2. The van der Waals surface area contributed by atoms with Gasteiger partial charge in [0, 0.05) is 19.8 Å². The largest absolute Gasteiger partial charge is 0.462 e. The van der Waals surface area contributed by atoms with E-state index in [9.17, 15) is 22.8 Å². The summed E-state index contributed by atoms with van der Waals surface area (Å²) in [6.07, 6.45) is 0. The van der Waals surface area contributed by atoms with Gasteiger partial charge in [0.25, 0.3) is 0 Å². The number of aromatic nitrogens is 1. The van der Waals surface area contributed by atoms with Gasteiger partial charge in [-0.2, -0.15) is 0 Å². The molecule has 162 valence electrons. The lowest BCUT2D eigenvalue weighted by atomic mass is 10.1. The van der Waals surface area contributed by atoms with Gasteiger partial charge in [0.05, 0.1) is 28.3 Å². The molecule has 0 aliphatic heterocycles. The Labute approximate surface area is 175 Å². The molecule has 10 heteroatoms. The zero-order valence-corrected chi connectivity index (χ0v) is 18.3. The average Bonchev–Trinajstić information content (AvgIpc) is 3.00. The Morgan fingerprint density at radius 3 is 2.13 bits per heavy atom. The number of nitrogens with zero attached hydrogens (tertiary/aromatic N) is 1. The molecule has 0 radical (unpaired) electrons. The van der Waals surface area contributed by atoms with Gasteiger partial charge in [0.15, 0.2) is 6.61 Å². The number of aryl methyl sites for hydroxylation is 1. The molecule has 2 aromatic rings. The van der Waals surface area contributed by atoms with Crippen molar-refractivity contribution < 1.29 is 32.3 Å². The minimum Gasteiger partial charge on any atom is -0.462 e. The highest BCUT2D eigenvalue weighted by atomic mass is 32.2. The smallest absolute Gasteiger partial charge is 0.340 e. The fraction of sp³-hybridized carbons (Fsp3) is 0.350. The molecule has 0 aliphatic carbocycles. The number of esters is 2. The van der Waals surface area contributed by atoms with Crippen LogP contribution in [0.15, 0.2) is 29.2 Å². The molecular formula is C20H24N2O7S. The standard InChI is InChI=1S/C20H24N2O7S/c1-6-28-20(25)17-12(2)18(21-13(17)3)16(23)11-29-19(24)14-7-9-15(10-8-14)30(26,27)22(4)5/h7-10,21H,6,11H2,1-5H3. The van der Waals surface area contributed by atoms with Crippen molar-refractivity contribution in [2.75, 3.05) is 27.3 Å². The van der Waals surface area contributed by atoms with E-state index in [2.05, 4.69) is 4.98 Å². The minimum absolute atomic E-state index is 0.0316. The number of sulfonamides is 1. The number of ketones is 1. The number of rotatable bonds is 8. The quantitative estimate of drug-likeness (QED) is 0.496. The third-order valence-electron chi connectivity index (χ3n) is 4.40. The Morgan fingerprint density at radius 1 is 1.00 bits per heavy atom. The van der Waals surface area contributed by atoms with E-state index in [1.54, 1.807) is 20.8 Å². The van der Waals surface area contributed by atoms with Gasteiger partial charge in [0.1, 0.15) is 0 Å². The van der Waals surface area contributed by atoms with Crippen LogP contribution in [0.1, 0.15) is 49.4 Å². The van der Waals surface area contributed by atoms with Crippen molar-refractivity contribution >= 4 is 27.7 Å². The molecule has 1 N–H and O–H groups in total. The van der Waals surface area contributed by atoms with Crippen LogP contribution in [0, 0.1) is 13.8 Å². The van der Waals surface area contributed by atoms with E-state index in [0.29, 0.717) is 11.3 Å². The molecule has 0 unspecified atom stereocenters. The zero-order chi connectivity index (χ0) is 22.6. The molecule has 0 atom stereocenters. The zero-order valence-electron chi connectivity index (χ0n) is 17.4. The Hall–Kier alpha value is -2.98. The number of carbonyl (C=O) groups is 3. The second kappa shape index (κ2) is 9.23. The molecule has 0 fully saturated rings. The fourth-order valence-electron chi connectivity index (χ4n) is 2.80. The van der Waals surface area contributed by atoms with E-state index in [1.807, 2.05) is 0 Å². The van der Waals surface area contributed by atoms with Crippen LogP contribution in [-0.4, -0.2) is 62.7 Å². The van der Waals surface area contributed by atoms with Crippen LogP contribution in [0.3, 0.4) is 0 Å². The summed E-state index contributed by atoms with van der Waals surface area (Å²) in [6, 6.07) is 5.20. The molecule has 0 bridgehead atoms. The van der Waals surface area contributed by atoms with E-state index in [0.717, 1.165) is 4.31 Å². The number of nitrogens with one attached hydrogen (secondary N) is 1. The summed E-state index contributed by atoms with van der Waals surface area (Å²) in [5, 5.41) is 0. The molecule has 0 saturated heterocycles. The van der Waals surface area contributed by atoms with Crippen molar-refractivity contribution in [1.29, 1.82) is 0 Å². The van der Waals surface area contributed by atoms with E-state index in [1.165, 1.54) is 38.4 Å². The summed E-state index contributed by atoms with van der Waals surface area (Å²) in [6.45, 7) is 4.60. The Kier molecular flexibility index (Phi) is 7.16. The maximum Gasteiger partial charge on any atom is 0.340 e. The van der Waals surface area contributed by atoms with E-state index < -0.39 is 34.4 Å². The maximum atomic E-state index is 12.5. The first-order chi connectivity index (χ1) is 14.0. The number of Topliss-reactive ketones (excluding diaryl/α,β-unsaturated/α-hetero) is 1. The Bertz CT molecular complexity index is 1070. The van der Waals surface area contributed by atoms with Crippen LogP contribution in [-0.2, 0) is 19.5 Å². The SMILES string of the molecule is CCOC(=O)c1c(C)[nH]c(C(=O)COC(=O)c2ccc(S(=O)(=O)N(C)C)cc2)c1C. The highest BCUT2D eigenvalue weighted by molar-refractivity contribution is 7.89. The molecule has 0 saturated carbocycles. The highest BCUT2D eigenvalue weighted by Crippen LogP contribution is 2.20. The van der Waals surface area contributed by atoms with Gasteiger partial charge in [-0.1, -0.05) is 0 Å². The van der Waals surface area contributed by atoms with Gasteiger partial charge in [-0.05, 0) is 50.6 Å². The number of ether oxygens (including phenoxy) is 2. The number of hydrogen-bond acceptors (Lipinski definition) is 7. The van der Waals surface area contributed by atoms with Crippen molar-refractivity contribution in [1.82, 2.24) is 9.29 Å². The van der Waals surface area contributed by atoms with E-state index in [4.69, 9.17) is 9.47 Å². The molecule has 1 heterocycles. The third kappa shape index (κ3) is 4.77. The topological polar surface area (TPSA) is 123 Å². The highest BCUT2D eigenvalue weighted by Gasteiger charge is 2.24. The number of carbonyl (C=O) groups excluding carboxylic acids is 3. The average molecular weight is 436 g/mol. The molecule has 1 aromatic carbocycles. The van der Waals surface area contributed by atoms with Crippen LogP contribution in [0.25, 0.3) is 0 Å². The first kappa shape index (κ1) is 23.3. The molecule has 9 nitrogen and oxygen atoms in total. The number of aromatic amines is 1. The molecule has 30 heavy (non-hydrogen) atoms. The van der Waals surface area contributed by atoms with Crippen molar-refractivity contribution in [3.63, 3.8) is 0 Å². The lowest BCUT2D eigenvalue weighted by Gasteiger charge is -2.11.